The van der Waals surface area contributed by atoms with E-state index in [0.717, 1.165) is 19.4 Å². The number of hydrogen-bond acceptors (Lipinski definition) is 2. The third-order valence-corrected chi connectivity index (χ3v) is 2.81. The minimum atomic E-state index is -0.0591. The van der Waals surface area contributed by atoms with Crippen LogP contribution >= 0.6 is 0 Å². The summed E-state index contributed by atoms with van der Waals surface area (Å²) in [7, 11) is 0. The fourth-order valence-corrected chi connectivity index (χ4v) is 1.93. The molecule has 1 aliphatic rings. The number of rotatable bonds is 3. The Balaban J connectivity index is 2.55. The lowest BCUT2D eigenvalue weighted by atomic mass is 9.77. The van der Waals surface area contributed by atoms with E-state index >= 15 is 0 Å². The molecule has 1 amide bonds. The number of carbonyl (C=O) groups excluding carboxylic acids is 1. The van der Waals surface area contributed by atoms with Gasteiger partial charge in [0.2, 0.25) is 5.91 Å². The van der Waals surface area contributed by atoms with Crippen molar-refractivity contribution in [3.05, 3.63) is 12.7 Å². The molecule has 1 saturated heterocycles. The number of nitrogens with one attached hydrogen (secondary N) is 2. The molecule has 3 heteroatoms. The number of amides is 1. The van der Waals surface area contributed by atoms with Gasteiger partial charge in [-0.05, 0) is 24.8 Å². The Morgan fingerprint density at radius 1 is 1.71 bits per heavy atom. The fourth-order valence-electron chi connectivity index (χ4n) is 1.93. The summed E-state index contributed by atoms with van der Waals surface area (Å²) >= 11 is 0. The maximum Gasteiger partial charge on any atom is 0.237 e. The highest BCUT2D eigenvalue weighted by atomic mass is 16.2. The molecule has 0 aromatic rings. The molecule has 0 aliphatic carbocycles. The van der Waals surface area contributed by atoms with Crippen LogP contribution in [0.5, 0.6) is 0 Å². The Morgan fingerprint density at radius 2 is 2.43 bits per heavy atom. The SMILES string of the molecule is C=CCNC(=O)C1NCCCC1(C)C. The van der Waals surface area contributed by atoms with E-state index in [4.69, 9.17) is 0 Å². The van der Waals surface area contributed by atoms with Crippen LogP contribution < -0.4 is 10.6 Å². The molecule has 3 nitrogen and oxygen atoms in total. The zero-order chi connectivity index (χ0) is 10.6. The van der Waals surface area contributed by atoms with Crippen molar-refractivity contribution in [3.63, 3.8) is 0 Å². The van der Waals surface area contributed by atoms with Gasteiger partial charge in [0.05, 0.1) is 6.04 Å². The highest BCUT2D eigenvalue weighted by molar-refractivity contribution is 5.82. The van der Waals surface area contributed by atoms with Gasteiger partial charge in [-0.1, -0.05) is 19.9 Å². The van der Waals surface area contributed by atoms with E-state index in [-0.39, 0.29) is 17.4 Å². The monoisotopic (exact) mass is 196 g/mol. The van der Waals surface area contributed by atoms with Gasteiger partial charge in [0, 0.05) is 6.54 Å². The van der Waals surface area contributed by atoms with Crippen LogP contribution in [0, 0.1) is 5.41 Å². The first kappa shape index (κ1) is 11.2. The first-order valence-electron chi connectivity index (χ1n) is 5.20. The van der Waals surface area contributed by atoms with Crippen molar-refractivity contribution in [2.24, 2.45) is 5.41 Å². The molecule has 1 heterocycles. The van der Waals surface area contributed by atoms with E-state index in [1.54, 1.807) is 6.08 Å². The summed E-state index contributed by atoms with van der Waals surface area (Å²) in [6.45, 7) is 9.34. The smallest absolute Gasteiger partial charge is 0.237 e. The molecule has 1 atom stereocenters. The Hall–Kier alpha value is -0.830. The van der Waals surface area contributed by atoms with Gasteiger partial charge in [0.25, 0.3) is 0 Å². The lowest BCUT2D eigenvalue weighted by Crippen LogP contribution is -2.55. The molecular formula is C11H20N2O. The summed E-state index contributed by atoms with van der Waals surface area (Å²) in [4.78, 5) is 11.8. The summed E-state index contributed by atoms with van der Waals surface area (Å²) in [5, 5.41) is 6.11. The molecule has 14 heavy (non-hydrogen) atoms. The molecule has 0 radical (unpaired) electrons. The van der Waals surface area contributed by atoms with Crippen molar-refractivity contribution in [1.82, 2.24) is 10.6 Å². The highest BCUT2D eigenvalue weighted by Gasteiger charge is 2.36. The molecule has 1 fully saturated rings. The molecule has 0 aromatic carbocycles. The van der Waals surface area contributed by atoms with E-state index in [1.807, 2.05) is 0 Å². The van der Waals surface area contributed by atoms with Crippen molar-refractivity contribution in [3.8, 4) is 0 Å². The van der Waals surface area contributed by atoms with Crippen LogP contribution in [0.3, 0.4) is 0 Å². The lowest BCUT2D eigenvalue weighted by Gasteiger charge is -2.38. The van der Waals surface area contributed by atoms with Crippen molar-refractivity contribution in [2.75, 3.05) is 13.1 Å². The van der Waals surface area contributed by atoms with Crippen molar-refractivity contribution < 1.29 is 4.79 Å². The standard InChI is InChI=1S/C11H20N2O/c1-4-7-13-10(14)9-11(2,3)6-5-8-12-9/h4,9,12H,1,5-8H2,2-3H3,(H,13,14). The van der Waals surface area contributed by atoms with Gasteiger partial charge in [0.15, 0.2) is 0 Å². The van der Waals surface area contributed by atoms with Gasteiger partial charge in [-0.25, -0.2) is 0 Å². The largest absolute Gasteiger partial charge is 0.351 e. The zero-order valence-electron chi connectivity index (χ0n) is 9.10. The van der Waals surface area contributed by atoms with Crippen LogP contribution in [0.4, 0.5) is 0 Å². The minimum absolute atomic E-state index is 0.0590. The average Bonchev–Trinajstić information content (AvgIpc) is 2.13. The van der Waals surface area contributed by atoms with Crippen LogP contribution in [-0.4, -0.2) is 25.0 Å². The second kappa shape index (κ2) is 4.60. The highest BCUT2D eigenvalue weighted by Crippen LogP contribution is 2.29. The van der Waals surface area contributed by atoms with Gasteiger partial charge in [-0.3, -0.25) is 4.79 Å². The van der Waals surface area contributed by atoms with Gasteiger partial charge in [-0.2, -0.15) is 0 Å². The predicted molar refractivity (Wildman–Crippen MR) is 58.0 cm³/mol. The van der Waals surface area contributed by atoms with E-state index in [1.165, 1.54) is 0 Å². The molecule has 0 aromatic heterocycles. The summed E-state index contributed by atoms with van der Waals surface area (Å²) in [5.41, 5.74) is 0.0590. The maximum atomic E-state index is 11.8. The van der Waals surface area contributed by atoms with E-state index in [9.17, 15) is 4.79 Å². The Kier molecular flexibility index (Phi) is 3.69. The minimum Gasteiger partial charge on any atom is -0.351 e. The topological polar surface area (TPSA) is 41.1 Å². The van der Waals surface area contributed by atoms with Gasteiger partial charge in [0.1, 0.15) is 0 Å². The second-order valence-electron chi connectivity index (χ2n) is 4.51. The maximum absolute atomic E-state index is 11.8. The third kappa shape index (κ3) is 2.58. The van der Waals surface area contributed by atoms with Crippen LogP contribution in [0.15, 0.2) is 12.7 Å². The van der Waals surface area contributed by atoms with Crippen molar-refractivity contribution >= 4 is 5.91 Å². The predicted octanol–water partition coefficient (Wildman–Crippen LogP) is 1.07. The average molecular weight is 196 g/mol. The summed E-state index contributed by atoms with van der Waals surface area (Å²) in [6, 6.07) is -0.0591. The lowest BCUT2D eigenvalue weighted by molar-refractivity contribution is -0.126. The molecule has 80 valence electrons. The Labute approximate surface area is 86.0 Å². The number of hydrogen-bond donors (Lipinski definition) is 2. The van der Waals surface area contributed by atoms with Crippen LogP contribution in [-0.2, 0) is 4.79 Å². The zero-order valence-corrected chi connectivity index (χ0v) is 9.10. The molecule has 2 N–H and O–H groups in total. The van der Waals surface area contributed by atoms with E-state index in [2.05, 4.69) is 31.1 Å². The molecule has 1 rings (SSSR count). The Bertz CT molecular complexity index is 223. The van der Waals surface area contributed by atoms with Crippen molar-refractivity contribution in [2.45, 2.75) is 32.7 Å². The van der Waals surface area contributed by atoms with Gasteiger partial charge in [-0.15, -0.1) is 6.58 Å². The fraction of sp³-hybridized carbons (Fsp3) is 0.727. The van der Waals surface area contributed by atoms with Crippen molar-refractivity contribution in [1.29, 1.82) is 0 Å². The van der Waals surface area contributed by atoms with Gasteiger partial charge < -0.3 is 10.6 Å². The first-order chi connectivity index (χ1) is 6.58. The van der Waals surface area contributed by atoms with Crippen LogP contribution in [0.2, 0.25) is 0 Å². The quantitative estimate of drug-likeness (QED) is 0.663. The van der Waals surface area contributed by atoms with Crippen LogP contribution in [0.1, 0.15) is 26.7 Å². The number of carbonyl (C=O) groups is 1. The third-order valence-electron chi connectivity index (χ3n) is 2.81. The molecule has 1 aliphatic heterocycles. The first-order valence-corrected chi connectivity index (χ1v) is 5.20. The molecular weight excluding hydrogens is 176 g/mol. The number of piperidine rings is 1. The summed E-state index contributed by atoms with van der Waals surface area (Å²) in [5.74, 6) is 0.0922. The Morgan fingerprint density at radius 3 is 3.00 bits per heavy atom. The molecule has 0 spiro atoms. The van der Waals surface area contributed by atoms with Gasteiger partial charge >= 0.3 is 0 Å². The normalized spacial score (nSPS) is 25.4. The van der Waals surface area contributed by atoms with Crippen LogP contribution in [0.25, 0.3) is 0 Å². The molecule has 0 bridgehead atoms. The second-order valence-corrected chi connectivity index (χ2v) is 4.51. The van der Waals surface area contributed by atoms with E-state index in [0.29, 0.717) is 6.54 Å². The summed E-state index contributed by atoms with van der Waals surface area (Å²) < 4.78 is 0. The molecule has 1 unspecified atom stereocenters. The molecule has 0 saturated carbocycles. The van der Waals surface area contributed by atoms with E-state index < -0.39 is 0 Å². The summed E-state index contributed by atoms with van der Waals surface area (Å²) in [6.07, 6.45) is 3.96.